The minimum atomic E-state index is -0.799. The molecule has 0 radical (unpaired) electrons. The van der Waals surface area contributed by atoms with Crippen LogP contribution in [0.25, 0.3) is 11.2 Å². The molecule has 1 fully saturated rings. The third-order valence-electron chi connectivity index (χ3n) is 5.73. The van der Waals surface area contributed by atoms with E-state index in [1.165, 1.54) is 11.6 Å². The molecule has 32 heavy (non-hydrogen) atoms. The predicted octanol–water partition coefficient (Wildman–Crippen LogP) is -0.771. The lowest BCUT2D eigenvalue weighted by Crippen LogP contribution is -2.44. The zero-order valence-electron chi connectivity index (χ0n) is 17.7. The molecular weight excluding hydrogens is 412 g/mol. The number of piperidine rings is 1. The number of aryl methyl sites for hydroxylation is 1. The number of carbonyl (C=O) groups excluding carboxylic acids is 1. The van der Waals surface area contributed by atoms with Gasteiger partial charge in [0.25, 0.3) is 5.56 Å². The number of anilines is 1. The van der Waals surface area contributed by atoms with Crippen LogP contribution >= 0.6 is 0 Å². The molecule has 0 aliphatic carbocycles. The Labute approximate surface area is 183 Å². The fourth-order valence-electron chi connectivity index (χ4n) is 4.18. The standard InChI is InChI=1S/C21H24N8O3/c1-26-18-17(19(31)29(21(26)32)12-16(24)30)28(10-14-6-3-2-5-13(14)9-22)20(25-18)27-8-4-7-15(23)11-27/h2-3,5-6,15H,4,7-8,10-12,23H2,1H3,(H2,24,30). The molecule has 11 heteroatoms. The molecule has 3 aromatic rings. The Morgan fingerprint density at radius 2 is 2.03 bits per heavy atom. The first-order valence-electron chi connectivity index (χ1n) is 10.3. The molecule has 1 aliphatic heterocycles. The van der Waals surface area contributed by atoms with Crippen molar-refractivity contribution in [2.24, 2.45) is 18.5 Å². The molecule has 166 valence electrons. The number of amides is 1. The highest BCUT2D eigenvalue weighted by molar-refractivity contribution is 5.77. The molecular formula is C21H24N8O3. The van der Waals surface area contributed by atoms with Gasteiger partial charge in [0.15, 0.2) is 11.2 Å². The number of carbonyl (C=O) groups is 1. The van der Waals surface area contributed by atoms with E-state index < -0.39 is 23.7 Å². The maximum Gasteiger partial charge on any atom is 0.332 e. The van der Waals surface area contributed by atoms with Gasteiger partial charge in [-0.1, -0.05) is 18.2 Å². The van der Waals surface area contributed by atoms with Gasteiger partial charge in [-0.25, -0.2) is 9.36 Å². The zero-order valence-corrected chi connectivity index (χ0v) is 17.7. The van der Waals surface area contributed by atoms with E-state index >= 15 is 0 Å². The first-order valence-corrected chi connectivity index (χ1v) is 10.3. The molecule has 4 rings (SSSR count). The second-order valence-electron chi connectivity index (χ2n) is 7.99. The zero-order chi connectivity index (χ0) is 23.0. The van der Waals surface area contributed by atoms with E-state index in [0.717, 1.165) is 17.4 Å². The summed E-state index contributed by atoms with van der Waals surface area (Å²) in [6.07, 6.45) is 1.75. The van der Waals surface area contributed by atoms with Crippen molar-refractivity contribution in [3.05, 3.63) is 56.2 Å². The monoisotopic (exact) mass is 436 g/mol. The number of hydrogen-bond donors (Lipinski definition) is 2. The number of nitriles is 1. The molecule has 0 saturated carbocycles. The number of imidazole rings is 1. The Balaban J connectivity index is 2.01. The average Bonchev–Trinajstić information content (AvgIpc) is 3.15. The van der Waals surface area contributed by atoms with Crippen molar-refractivity contribution in [3.63, 3.8) is 0 Å². The first-order chi connectivity index (χ1) is 15.3. The number of benzene rings is 1. The summed E-state index contributed by atoms with van der Waals surface area (Å²) in [5.74, 6) is -0.307. The van der Waals surface area contributed by atoms with Gasteiger partial charge in [-0.2, -0.15) is 10.2 Å². The van der Waals surface area contributed by atoms with Crippen LogP contribution in [0.15, 0.2) is 33.9 Å². The minimum absolute atomic E-state index is 0.0428. The molecule has 3 heterocycles. The van der Waals surface area contributed by atoms with E-state index in [-0.39, 0.29) is 23.8 Å². The number of fused-ring (bicyclic) bond motifs is 1. The van der Waals surface area contributed by atoms with E-state index in [1.54, 1.807) is 22.8 Å². The van der Waals surface area contributed by atoms with Crippen molar-refractivity contribution in [2.45, 2.75) is 32.0 Å². The number of hydrogen-bond acceptors (Lipinski definition) is 7. The second kappa shape index (κ2) is 8.32. The van der Waals surface area contributed by atoms with Crippen LogP contribution < -0.4 is 27.6 Å². The van der Waals surface area contributed by atoms with Crippen LogP contribution in [0, 0.1) is 11.3 Å². The maximum atomic E-state index is 13.3. The Kier molecular flexibility index (Phi) is 5.54. The molecule has 1 aromatic carbocycles. The third-order valence-corrected chi connectivity index (χ3v) is 5.73. The number of nitrogens with two attached hydrogens (primary N) is 2. The molecule has 11 nitrogen and oxygen atoms in total. The molecule has 2 aromatic heterocycles. The lowest BCUT2D eigenvalue weighted by molar-refractivity contribution is -0.118. The summed E-state index contributed by atoms with van der Waals surface area (Å²) in [7, 11) is 1.49. The van der Waals surface area contributed by atoms with E-state index in [9.17, 15) is 19.6 Å². The van der Waals surface area contributed by atoms with Crippen molar-refractivity contribution in [1.29, 1.82) is 5.26 Å². The van der Waals surface area contributed by atoms with Crippen LogP contribution in [0.3, 0.4) is 0 Å². The van der Waals surface area contributed by atoms with Gasteiger partial charge in [-0.3, -0.25) is 18.7 Å². The predicted molar refractivity (Wildman–Crippen MR) is 118 cm³/mol. The molecule has 1 atom stereocenters. The van der Waals surface area contributed by atoms with Gasteiger partial charge in [0.05, 0.1) is 18.2 Å². The molecule has 4 N–H and O–H groups in total. The molecule has 1 aliphatic rings. The first kappa shape index (κ1) is 21.3. The Morgan fingerprint density at radius 1 is 1.28 bits per heavy atom. The van der Waals surface area contributed by atoms with Crippen LogP contribution in [-0.4, -0.2) is 43.7 Å². The van der Waals surface area contributed by atoms with Gasteiger partial charge in [-0.05, 0) is 24.5 Å². The molecule has 1 unspecified atom stereocenters. The van der Waals surface area contributed by atoms with E-state index in [1.807, 2.05) is 11.0 Å². The van der Waals surface area contributed by atoms with Gasteiger partial charge in [0, 0.05) is 26.2 Å². The van der Waals surface area contributed by atoms with E-state index in [0.29, 0.717) is 30.2 Å². The summed E-state index contributed by atoms with van der Waals surface area (Å²) in [5, 5.41) is 9.53. The lowest BCUT2D eigenvalue weighted by Gasteiger charge is -2.32. The molecule has 0 spiro atoms. The summed E-state index contributed by atoms with van der Waals surface area (Å²) in [6, 6.07) is 9.21. The SMILES string of the molecule is Cn1c(=O)n(CC(N)=O)c(=O)c2c1nc(N1CCCC(N)C1)n2Cc1ccccc1C#N. The van der Waals surface area contributed by atoms with Gasteiger partial charge in [0.1, 0.15) is 6.54 Å². The van der Waals surface area contributed by atoms with Crippen LogP contribution in [0.4, 0.5) is 5.95 Å². The van der Waals surface area contributed by atoms with Crippen LogP contribution in [-0.2, 0) is 24.9 Å². The fraction of sp³-hybridized carbons (Fsp3) is 0.381. The second-order valence-corrected chi connectivity index (χ2v) is 7.99. The number of nitrogens with zero attached hydrogens (tertiary/aromatic N) is 6. The highest BCUT2D eigenvalue weighted by Gasteiger charge is 2.27. The normalized spacial score (nSPS) is 16.3. The van der Waals surface area contributed by atoms with Gasteiger partial charge in [-0.15, -0.1) is 0 Å². The van der Waals surface area contributed by atoms with Crippen molar-refractivity contribution >= 4 is 23.0 Å². The molecule has 1 saturated heterocycles. The van der Waals surface area contributed by atoms with E-state index in [2.05, 4.69) is 11.1 Å². The number of rotatable bonds is 5. The van der Waals surface area contributed by atoms with E-state index in [4.69, 9.17) is 11.5 Å². The Bertz CT molecular complexity index is 1360. The van der Waals surface area contributed by atoms with Crippen molar-refractivity contribution in [1.82, 2.24) is 18.7 Å². The summed E-state index contributed by atoms with van der Waals surface area (Å²) in [6.45, 7) is 0.892. The largest absolute Gasteiger partial charge is 0.368 e. The molecule has 1 amide bonds. The topological polar surface area (TPSA) is 158 Å². The van der Waals surface area contributed by atoms with Crippen LogP contribution in [0.5, 0.6) is 0 Å². The number of primary amides is 1. The van der Waals surface area contributed by atoms with Crippen molar-refractivity contribution in [2.75, 3.05) is 18.0 Å². The van der Waals surface area contributed by atoms with Crippen molar-refractivity contribution in [3.8, 4) is 6.07 Å². The molecule has 0 bridgehead atoms. The summed E-state index contributed by atoms with van der Waals surface area (Å²) in [4.78, 5) is 44.2. The number of aromatic nitrogens is 4. The minimum Gasteiger partial charge on any atom is -0.368 e. The smallest absolute Gasteiger partial charge is 0.332 e. The van der Waals surface area contributed by atoms with Crippen molar-refractivity contribution < 1.29 is 4.79 Å². The maximum absolute atomic E-state index is 13.3. The van der Waals surface area contributed by atoms with Gasteiger partial charge >= 0.3 is 5.69 Å². The van der Waals surface area contributed by atoms with Gasteiger partial charge < -0.3 is 16.4 Å². The Hall–Kier alpha value is -3.91. The fourth-order valence-corrected chi connectivity index (χ4v) is 4.18. The van der Waals surface area contributed by atoms with Crippen LogP contribution in [0.2, 0.25) is 0 Å². The van der Waals surface area contributed by atoms with Gasteiger partial charge in [0.2, 0.25) is 11.9 Å². The average molecular weight is 436 g/mol. The summed E-state index contributed by atoms with van der Waals surface area (Å²) >= 11 is 0. The van der Waals surface area contributed by atoms with Crippen LogP contribution in [0.1, 0.15) is 24.0 Å². The highest BCUT2D eigenvalue weighted by atomic mass is 16.2. The quantitative estimate of drug-likeness (QED) is 0.531. The highest BCUT2D eigenvalue weighted by Crippen LogP contribution is 2.25. The summed E-state index contributed by atoms with van der Waals surface area (Å²) < 4.78 is 3.74. The summed E-state index contributed by atoms with van der Waals surface area (Å²) in [5.41, 5.74) is 11.6. The Morgan fingerprint density at radius 3 is 2.72 bits per heavy atom. The third kappa shape index (κ3) is 3.65. The lowest BCUT2D eigenvalue weighted by atomic mass is 10.1.